The van der Waals surface area contributed by atoms with E-state index in [0.29, 0.717) is 29.7 Å². The van der Waals surface area contributed by atoms with E-state index in [9.17, 15) is 40.3 Å². The molecule has 3 amide bonds. The van der Waals surface area contributed by atoms with Crippen LogP contribution in [0.3, 0.4) is 0 Å². The van der Waals surface area contributed by atoms with Gasteiger partial charge in [-0.1, -0.05) is 26.8 Å². The van der Waals surface area contributed by atoms with Crippen LogP contribution in [0, 0.1) is 18.2 Å². The van der Waals surface area contributed by atoms with Gasteiger partial charge in [0.05, 0.1) is 17.2 Å². The Balaban J connectivity index is 1.91. The quantitative estimate of drug-likeness (QED) is 0.396. The highest BCUT2D eigenvalue weighted by molar-refractivity contribution is 5.81. The molecule has 12 heteroatoms. The number of alkyl halides is 6. The van der Waals surface area contributed by atoms with Gasteiger partial charge in [-0.3, -0.25) is 4.79 Å². The molecule has 0 spiro atoms. The van der Waals surface area contributed by atoms with Crippen molar-refractivity contribution in [1.29, 1.82) is 0 Å². The predicted octanol–water partition coefficient (Wildman–Crippen LogP) is 7.09. The van der Waals surface area contributed by atoms with Crippen LogP contribution < -0.4 is 5.32 Å². The van der Waals surface area contributed by atoms with Gasteiger partial charge in [-0.15, -0.1) is 0 Å². The Labute approximate surface area is 228 Å². The molecule has 1 heterocycles. The summed E-state index contributed by atoms with van der Waals surface area (Å²) in [7, 11) is 1.29. The van der Waals surface area contributed by atoms with E-state index in [2.05, 4.69) is 5.32 Å². The molecule has 1 saturated heterocycles. The molecule has 0 bridgehead atoms. The van der Waals surface area contributed by atoms with E-state index >= 15 is 0 Å². The summed E-state index contributed by atoms with van der Waals surface area (Å²) in [6, 6.07) is 3.74. The number of carbonyl (C=O) groups is 2. The second-order valence-electron chi connectivity index (χ2n) is 11.2. The number of urea groups is 1. The molecule has 1 aliphatic rings. The maximum atomic E-state index is 13.8. The topological polar surface area (TPSA) is 52.7 Å². The first-order valence-electron chi connectivity index (χ1n) is 12.6. The Bertz CT molecular complexity index is 1220. The van der Waals surface area contributed by atoms with E-state index in [1.165, 1.54) is 30.1 Å². The molecule has 2 aromatic carbocycles. The Hall–Kier alpha value is -3.31. The first-order valence-corrected chi connectivity index (χ1v) is 12.6. The molecule has 1 fully saturated rings. The van der Waals surface area contributed by atoms with Gasteiger partial charge < -0.3 is 15.1 Å². The maximum absolute atomic E-state index is 13.8. The first-order chi connectivity index (χ1) is 18.3. The standard InChI is InChI=1S/C28H32F7N3O2/c1-16-10-20(29)6-7-22(16)23-14-21(36-24(39)26(2,3)4)8-9-38(23)25(40)37(5)15-17-11-18(27(30,31)32)13-19(12-17)28(33,34)35/h6-7,10-13,21,23H,8-9,14-15H2,1-5H3,(H,36,39)/t21-,23-/m1/s1. The van der Waals surface area contributed by atoms with Crippen molar-refractivity contribution >= 4 is 11.9 Å². The van der Waals surface area contributed by atoms with Gasteiger partial charge >= 0.3 is 18.4 Å². The minimum atomic E-state index is -5.01. The van der Waals surface area contributed by atoms with Gasteiger partial charge in [-0.2, -0.15) is 26.3 Å². The third-order valence-corrected chi connectivity index (χ3v) is 6.85. The molecule has 1 N–H and O–H groups in total. The Kier molecular flexibility index (Phi) is 8.81. The maximum Gasteiger partial charge on any atom is 0.416 e. The number of carbonyl (C=O) groups excluding carboxylic acids is 2. The fraction of sp³-hybridized carbons (Fsp3) is 0.500. The van der Waals surface area contributed by atoms with Crippen molar-refractivity contribution < 1.29 is 40.3 Å². The molecule has 40 heavy (non-hydrogen) atoms. The molecule has 0 unspecified atom stereocenters. The van der Waals surface area contributed by atoms with Crippen LogP contribution in [0.4, 0.5) is 35.5 Å². The molecule has 0 aliphatic carbocycles. The second-order valence-corrected chi connectivity index (χ2v) is 11.2. The Morgan fingerprint density at radius 2 is 1.55 bits per heavy atom. The van der Waals surface area contributed by atoms with E-state index in [4.69, 9.17) is 0 Å². The van der Waals surface area contributed by atoms with Crippen LogP contribution in [0.1, 0.15) is 67.5 Å². The number of hydrogen-bond donors (Lipinski definition) is 1. The van der Waals surface area contributed by atoms with Crippen molar-refractivity contribution in [2.75, 3.05) is 13.6 Å². The summed E-state index contributed by atoms with van der Waals surface area (Å²) in [5.41, 5.74) is -2.74. The normalized spacial score (nSPS) is 18.4. The van der Waals surface area contributed by atoms with Crippen molar-refractivity contribution in [2.24, 2.45) is 5.41 Å². The largest absolute Gasteiger partial charge is 0.416 e. The number of rotatable bonds is 4. The van der Waals surface area contributed by atoms with Gasteiger partial charge in [0.15, 0.2) is 0 Å². The number of hydrogen-bond acceptors (Lipinski definition) is 2. The van der Waals surface area contributed by atoms with Gasteiger partial charge in [0.25, 0.3) is 0 Å². The SMILES string of the molecule is Cc1cc(F)ccc1[C@H]1C[C@H](NC(=O)C(C)(C)C)CCN1C(=O)N(C)Cc1cc(C(F)(F)F)cc(C(F)(F)F)c1. The zero-order chi connectivity index (χ0) is 30.2. The minimum absolute atomic E-state index is 0.0370. The van der Waals surface area contributed by atoms with Crippen LogP contribution in [0.25, 0.3) is 0 Å². The number of nitrogens with one attached hydrogen (secondary N) is 1. The summed E-state index contributed by atoms with van der Waals surface area (Å²) in [6.07, 6.45) is -9.36. The molecule has 2 atom stereocenters. The van der Waals surface area contributed by atoms with E-state index < -0.39 is 53.3 Å². The van der Waals surface area contributed by atoms with Crippen LogP contribution in [0.5, 0.6) is 0 Å². The minimum Gasteiger partial charge on any atom is -0.353 e. The first kappa shape index (κ1) is 31.2. The molecular formula is C28H32F7N3O2. The van der Waals surface area contributed by atoms with Crippen LogP contribution in [-0.2, 0) is 23.7 Å². The molecule has 0 radical (unpaired) electrons. The predicted molar refractivity (Wildman–Crippen MR) is 135 cm³/mol. The third-order valence-electron chi connectivity index (χ3n) is 6.85. The Morgan fingerprint density at radius 1 is 0.975 bits per heavy atom. The number of likely N-dealkylation sites (tertiary alicyclic amines) is 1. The fourth-order valence-electron chi connectivity index (χ4n) is 4.71. The van der Waals surface area contributed by atoms with Crippen LogP contribution in [0.2, 0.25) is 0 Å². The van der Waals surface area contributed by atoms with Gasteiger partial charge in [0.1, 0.15) is 5.82 Å². The number of benzene rings is 2. The summed E-state index contributed by atoms with van der Waals surface area (Å²) in [4.78, 5) is 28.7. The van der Waals surface area contributed by atoms with E-state index in [1.54, 1.807) is 27.7 Å². The zero-order valence-corrected chi connectivity index (χ0v) is 22.8. The summed E-state index contributed by atoms with van der Waals surface area (Å²) >= 11 is 0. The van der Waals surface area contributed by atoms with E-state index in [-0.39, 0.29) is 36.5 Å². The number of aryl methyl sites for hydroxylation is 1. The number of halogens is 7. The summed E-state index contributed by atoms with van der Waals surface area (Å²) < 4.78 is 93.7. The summed E-state index contributed by atoms with van der Waals surface area (Å²) in [6.45, 7) is 6.59. The zero-order valence-electron chi connectivity index (χ0n) is 22.8. The van der Waals surface area contributed by atoms with Crippen molar-refractivity contribution in [3.63, 3.8) is 0 Å². The molecule has 220 valence electrons. The molecule has 1 aliphatic heterocycles. The highest BCUT2D eigenvalue weighted by Crippen LogP contribution is 2.38. The third kappa shape index (κ3) is 7.45. The monoisotopic (exact) mass is 575 g/mol. The van der Waals surface area contributed by atoms with Gasteiger partial charge in [0.2, 0.25) is 5.91 Å². The Morgan fingerprint density at radius 3 is 2.05 bits per heavy atom. The van der Waals surface area contributed by atoms with Crippen molar-refractivity contribution in [1.82, 2.24) is 15.1 Å². The van der Waals surface area contributed by atoms with Gasteiger partial charge in [-0.25, -0.2) is 9.18 Å². The van der Waals surface area contributed by atoms with E-state index in [1.807, 2.05) is 0 Å². The van der Waals surface area contributed by atoms with Crippen molar-refractivity contribution in [3.05, 3.63) is 70.0 Å². The number of nitrogens with zero attached hydrogens (tertiary/aromatic N) is 2. The van der Waals surface area contributed by atoms with Crippen molar-refractivity contribution in [3.8, 4) is 0 Å². The average Bonchev–Trinajstić information content (AvgIpc) is 2.81. The smallest absolute Gasteiger partial charge is 0.353 e. The molecule has 0 aromatic heterocycles. The second kappa shape index (κ2) is 11.3. The van der Waals surface area contributed by atoms with Crippen LogP contribution in [0.15, 0.2) is 36.4 Å². The van der Waals surface area contributed by atoms with Gasteiger partial charge in [-0.05, 0) is 66.8 Å². The van der Waals surface area contributed by atoms with Gasteiger partial charge in [0, 0.05) is 31.6 Å². The molecule has 0 saturated carbocycles. The fourth-order valence-corrected chi connectivity index (χ4v) is 4.71. The molecule has 5 nitrogen and oxygen atoms in total. The average molecular weight is 576 g/mol. The van der Waals surface area contributed by atoms with E-state index in [0.717, 1.165) is 4.90 Å². The highest BCUT2D eigenvalue weighted by Gasteiger charge is 2.39. The lowest BCUT2D eigenvalue weighted by molar-refractivity contribution is -0.143. The van der Waals surface area contributed by atoms with Crippen molar-refractivity contribution in [2.45, 2.75) is 71.5 Å². The molecular weight excluding hydrogens is 543 g/mol. The lowest BCUT2D eigenvalue weighted by atomic mass is 9.88. The lowest BCUT2D eigenvalue weighted by Gasteiger charge is -2.42. The van der Waals surface area contributed by atoms with Crippen LogP contribution in [-0.4, -0.2) is 41.4 Å². The molecule has 3 rings (SSSR count). The molecule has 2 aromatic rings. The lowest BCUT2D eigenvalue weighted by Crippen LogP contribution is -2.52. The highest BCUT2D eigenvalue weighted by atomic mass is 19.4. The summed E-state index contributed by atoms with van der Waals surface area (Å²) in [5, 5.41) is 2.98. The number of piperidine rings is 1. The van der Waals surface area contributed by atoms with Crippen LogP contribution >= 0.6 is 0 Å². The number of amides is 3. The summed E-state index contributed by atoms with van der Waals surface area (Å²) in [5.74, 6) is -0.663.